The largest absolute Gasteiger partial charge is 0.368 e. The van der Waals surface area contributed by atoms with Gasteiger partial charge in [-0.1, -0.05) is 6.07 Å². The Bertz CT molecular complexity index is 633. The van der Waals surface area contributed by atoms with Gasteiger partial charge >= 0.3 is 0 Å². The molecule has 2 aliphatic heterocycles. The maximum absolute atomic E-state index is 13.0. The van der Waals surface area contributed by atoms with Crippen molar-refractivity contribution in [3.05, 3.63) is 23.9 Å². The lowest BCUT2D eigenvalue weighted by atomic mass is 9.88. The third-order valence-corrected chi connectivity index (χ3v) is 5.51. The summed E-state index contributed by atoms with van der Waals surface area (Å²) in [7, 11) is 1.62. The van der Waals surface area contributed by atoms with E-state index in [9.17, 15) is 9.59 Å². The van der Waals surface area contributed by atoms with Crippen molar-refractivity contribution in [2.24, 2.45) is 5.92 Å². The molecule has 2 saturated heterocycles. The minimum absolute atomic E-state index is 0.0169. The fourth-order valence-electron chi connectivity index (χ4n) is 3.74. The highest BCUT2D eigenvalue weighted by molar-refractivity contribution is 5.92. The van der Waals surface area contributed by atoms with E-state index in [-0.39, 0.29) is 17.7 Å². The van der Waals surface area contributed by atoms with Crippen molar-refractivity contribution < 1.29 is 14.3 Å². The Hall–Kier alpha value is -1.99. The standard InChI is InChI=1S/C19H28N4O3/c1-14-3-4-16(21-13-14)22-17(24)15-5-11-23(12-6-15)18(25)19(26-2)7-9-20-10-8-19/h3-4,13,15,20H,5-12H2,1-2H3,(H,21,22,24). The summed E-state index contributed by atoms with van der Waals surface area (Å²) in [6.07, 6.45) is 4.47. The lowest BCUT2D eigenvalue weighted by Gasteiger charge is -2.41. The van der Waals surface area contributed by atoms with Crippen LogP contribution in [0, 0.1) is 12.8 Å². The van der Waals surface area contributed by atoms with E-state index in [0.29, 0.717) is 44.6 Å². The number of carbonyl (C=O) groups is 2. The predicted octanol–water partition coefficient (Wildman–Crippen LogP) is 1.34. The predicted molar refractivity (Wildman–Crippen MR) is 98.8 cm³/mol. The maximum atomic E-state index is 13.0. The Balaban J connectivity index is 1.54. The van der Waals surface area contributed by atoms with E-state index in [0.717, 1.165) is 18.7 Å². The first-order valence-corrected chi connectivity index (χ1v) is 9.33. The van der Waals surface area contributed by atoms with Crippen LogP contribution in [-0.4, -0.2) is 60.6 Å². The lowest BCUT2D eigenvalue weighted by molar-refractivity contribution is -0.160. The first-order chi connectivity index (χ1) is 12.5. The van der Waals surface area contributed by atoms with Crippen LogP contribution in [0.4, 0.5) is 5.82 Å². The number of hydrogen-bond acceptors (Lipinski definition) is 5. The van der Waals surface area contributed by atoms with Gasteiger partial charge in [0.05, 0.1) is 0 Å². The summed E-state index contributed by atoms with van der Waals surface area (Å²) in [6.45, 7) is 4.73. The second-order valence-electron chi connectivity index (χ2n) is 7.22. The fraction of sp³-hybridized carbons (Fsp3) is 0.632. The molecule has 3 heterocycles. The molecule has 2 N–H and O–H groups in total. The molecule has 0 atom stereocenters. The van der Waals surface area contributed by atoms with E-state index >= 15 is 0 Å². The molecule has 0 spiro atoms. The molecule has 2 aliphatic rings. The zero-order chi connectivity index (χ0) is 18.6. The second kappa shape index (κ2) is 8.14. The third kappa shape index (κ3) is 4.04. The van der Waals surface area contributed by atoms with Gasteiger partial charge in [0.2, 0.25) is 5.91 Å². The van der Waals surface area contributed by atoms with Crippen molar-refractivity contribution in [1.29, 1.82) is 0 Å². The molecule has 142 valence electrons. The molecular formula is C19H28N4O3. The molecule has 3 rings (SSSR count). The van der Waals surface area contributed by atoms with Crippen LogP contribution in [0.1, 0.15) is 31.2 Å². The summed E-state index contributed by atoms with van der Waals surface area (Å²) in [5, 5.41) is 6.15. The molecular weight excluding hydrogens is 332 g/mol. The van der Waals surface area contributed by atoms with Crippen molar-refractivity contribution in [3.63, 3.8) is 0 Å². The molecule has 2 amide bonds. The zero-order valence-electron chi connectivity index (χ0n) is 15.6. The monoisotopic (exact) mass is 360 g/mol. The summed E-state index contributed by atoms with van der Waals surface area (Å²) in [6, 6.07) is 3.73. The van der Waals surface area contributed by atoms with Crippen molar-refractivity contribution in [2.45, 2.75) is 38.2 Å². The summed E-state index contributed by atoms with van der Waals surface area (Å²) in [5.74, 6) is 0.540. The van der Waals surface area contributed by atoms with Crippen LogP contribution >= 0.6 is 0 Å². The summed E-state index contributed by atoms with van der Waals surface area (Å²) in [4.78, 5) is 31.5. The number of likely N-dealkylation sites (tertiary alicyclic amines) is 1. The first-order valence-electron chi connectivity index (χ1n) is 9.33. The Labute approximate surface area is 154 Å². The molecule has 0 radical (unpaired) electrons. The Morgan fingerprint density at radius 2 is 1.96 bits per heavy atom. The minimum atomic E-state index is -0.702. The highest BCUT2D eigenvalue weighted by Gasteiger charge is 2.43. The molecule has 2 fully saturated rings. The van der Waals surface area contributed by atoms with Gasteiger partial charge in [0.15, 0.2) is 0 Å². The van der Waals surface area contributed by atoms with E-state index in [1.54, 1.807) is 13.3 Å². The zero-order valence-corrected chi connectivity index (χ0v) is 15.6. The highest BCUT2D eigenvalue weighted by Crippen LogP contribution is 2.28. The SMILES string of the molecule is COC1(C(=O)N2CCC(C(=O)Nc3ccc(C)cn3)CC2)CCNCC1. The number of hydrogen-bond donors (Lipinski definition) is 2. The molecule has 0 aromatic carbocycles. The van der Waals surface area contributed by atoms with Gasteiger partial charge in [0.25, 0.3) is 5.91 Å². The normalized spacial score (nSPS) is 20.6. The number of methoxy groups -OCH3 is 1. The van der Waals surface area contributed by atoms with E-state index in [1.165, 1.54) is 0 Å². The van der Waals surface area contributed by atoms with Gasteiger partial charge in [-0.15, -0.1) is 0 Å². The number of pyridine rings is 1. The number of amides is 2. The van der Waals surface area contributed by atoms with Crippen LogP contribution in [0.15, 0.2) is 18.3 Å². The number of carbonyl (C=O) groups excluding carboxylic acids is 2. The molecule has 0 saturated carbocycles. The van der Waals surface area contributed by atoms with Crippen LogP contribution in [0.2, 0.25) is 0 Å². The molecule has 7 heteroatoms. The van der Waals surface area contributed by atoms with Gasteiger partial charge in [0, 0.05) is 32.3 Å². The molecule has 7 nitrogen and oxygen atoms in total. The van der Waals surface area contributed by atoms with Gasteiger partial charge in [-0.05, 0) is 57.3 Å². The molecule has 0 bridgehead atoms. The number of ether oxygens (including phenoxy) is 1. The lowest BCUT2D eigenvalue weighted by Crippen LogP contribution is -2.57. The van der Waals surface area contributed by atoms with Crippen molar-refractivity contribution >= 4 is 17.6 Å². The van der Waals surface area contributed by atoms with E-state index < -0.39 is 5.60 Å². The first kappa shape index (κ1) is 18.8. The molecule has 26 heavy (non-hydrogen) atoms. The molecule has 1 aromatic heterocycles. The number of aromatic nitrogens is 1. The third-order valence-electron chi connectivity index (χ3n) is 5.51. The molecule has 0 aliphatic carbocycles. The van der Waals surface area contributed by atoms with Crippen LogP contribution in [-0.2, 0) is 14.3 Å². The average Bonchev–Trinajstić information content (AvgIpc) is 2.69. The second-order valence-corrected chi connectivity index (χ2v) is 7.22. The van der Waals surface area contributed by atoms with E-state index in [2.05, 4.69) is 15.6 Å². The Morgan fingerprint density at radius 3 is 2.54 bits per heavy atom. The van der Waals surface area contributed by atoms with Crippen LogP contribution in [0.3, 0.4) is 0 Å². The maximum Gasteiger partial charge on any atom is 0.254 e. The van der Waals surface area contributed by atoms with E-state index in [1.807, 2.05) is 24.0 Å². The summed E-state index contributed by atoms with van der Waals surface area (Å²) >= 11 is 0. The number of nitrogens with zero attached hydrogens (tertiary/aromatic N) is 2. The summed E-state index contributed by atoms with van der Waals surface area (Å²) in [5.41, 5.74) is 0.353. The smallest absolute Gasteiger partial charge is 0.254 e. The molecule has 1 aromatic rings. The van der Waals surface area contributed by atoms with Crippen molar-refractivity contribution in [1.82, 2.24) is 15.2 Å². The fourth-order valence-corrected chi connectivity index (χ4v) is 3.74. The van der Waals surface area contributed by atoms with Crippen LogP contribution < -0.4 is 10.6 Å². The number of aryl methyl sites for hydroxylation is 1. The Morgan fingerprint density at radius 1 is 1.27 bits per heavy atom. The van der Waals surface area contributed by atoms with Gasteiger partial charge in [0.1, 0.15) is 11.4 Å². The minimum Gasteiger partial charge on any atom is -0.368 e. The van der Waals surface area contributed by atoms with Gasteiger partial charge in [-0.25, -0.2) is 4.98 Å². The summed E-state index contributed by atoms with van der Waals surface area (Å²) < 4.78 is 5.64. The molecule has 0 unspecified atom stereocenters. The van der Waals surface area contributed by atoms with Crippen LogP contribution in [0.5, 0.6) is 0 Å². The van der Waals surface area contributed by atoms with Crippen molar-refractivity contribution in [3.8, 4) is 0 Å². The number of rotatable bonds is 4. The quantitative estimate of drug-likeness (QED) is 0.846. The van der Waals surface area contributed by atoms with Gasteiger partial charge < -0.3 is 20.3 Å². The number of nitrogens with one attached hydrogen (secondary N) is 2. The average molecular weight is 360 g/mol. The topological polar surface area (TPSA) is 83.6 Å². The Kier molecular flexibility index (Phi) is 5.88. The van der Waals surface area contributed by atoms with E-state index in [4.69, 9.17) is 4.74 Å². The van der Waals surface area contributed by atoms with Gasteiger partial charge in [-0.3, -0.25) is 9.59 Å². The van der Waals surface area contributed by atoms with Gasteiger partial charge in [-0.2, -0.15) is 0 Å². The van der Waals surface area contributed by atoms with Crippen molar-refractivity contribution in [2.75, 3.05) is 38.6 Å². The van der Waals surface area contributed by atoms with Crippen LogP contribution in [0.25, 0.3) is 0 Å². The number of piperidine rings is 2. The highest BCUT2D eigenvalue weighted by atomic mass is 16.5. The number of anilines is 1.